The zero-order valence-electron chi connectivity index (χ0n) is 16.8. The van der Waals surface area contributed by atoms with Crippen molar-refractivity contribution in [2.45, 2.75) is 50.7 Å². The third kappa shape index (κ3) is 3.87. The number of alkyl halides is 3. The fraction of sp³-hybridized carbons (Fsp3) is 0.550. The molecule has 170 valence electrons. The molecule has 2 amide bonds. The number of nitrogens with one attached hydrogen (secondary N) is 1. The Morgan fingerprint density at radius 2 is 2.00 bits per heavy atom. The third-order valence-corrected chi connectivity index (χ3v) is 5.89. The molecule has 0 aliphatic carbocycles. The Hall–Kier alpha value is -2.66. The summed E-state index contributed by atoms with van der Waals surface area (Å²) in [7, 11) is 0. The number of nitrogens with zero attached hydrogens (tertiary/aromatic N) is 1. The largest absolute Gasteiger partial charge is 0.573 e. The van der Waals surface area contributed by atoms with E-state index in [4.69, 9.17) is 0 Å². The zero-order chi connectivity index (χ0) is 23.1. The molecule has 2 saturated heterocycles. The normalized spacial score (nSPS) is 29.2. The highest BCUT2D eigenvalue weighted by Crippen LogP contribution is 2.50. The van der Waals surface area contributed by atoms with Crippen molar-refractivity contribution in [1.82, 2.24) is 10.2 Å². The van der Waals surface area contributed by atoms with E-state index in [1.54, 1.807) is 0 Å². The van der Waals surface area contributed by atoms with Gasteiger partial charge in [-0.15, -0.1) is 13.2 Å². The summed E-state index contributed by atoms with van der Waals surface area (Å²) >= 11 is 0. The van der Waals surface area contributed by atoms with Crippen molar-refractivity contribution in [2.75, 3.05) is 6.54 Å². The number of halogens is 3. The van der Waals surface area contributed by atoms with Gasteiger partial charge in [0, 0.05) is 12.6 Å². The number of carboxylic acid groups (broad SMARTS) is 1. The van der Waals surface area contributed by atoms with Gasteiger partial charge in [-0.2, -0.15) is 0 Å². The Morgan fingerprint density at radius 1 is 1.32 bits per heavy atom. The number of hydrogen-bond donors (Lipinski definition) is 3. The highest BCUT2D eigenvalue weighted by Gasteiger charge is 2.70. The number of aliphatic hydroxyl groups excluding tert-OH is 1. The average molecular weight is 444 g/mol. The first kappa shape index (κ1) is 23.0. The van der Waals surface area contributed by atoms with E-state index in [9.17, 15) is 37.8 Å². The van der Waals surface area contributed by atoms with Crippen LogP contribution in [0.1, 0.15) is 38.3 Å². The fourth-order valence-electron chi connectivity index (χ4n) is 4.49. The van der Waals surface area contributed by atoms with Crippen molar-refractivity contribution in [3.05, 3.63) is 29.8 Å². The Morgan fingerprint density at radius 3 is 2.55 bits per heavy atom. The van der Waals surface area contributed by atoms with E-state index in [-0.39, 0.29) is 12.1 Å². The summed E-state index contributed by atoms with van der Waals surface area (Å²) in [6, 6.07) is 3.67. The van der Waals surface area contributed by atoms with Crippen molar-refractivity contribution in [3.63, 3.8) is 0 Å². The lowest BCUT2D eigenvalue weighted by atomic mass is 9.76. The second kappa shape index (κ2) is 8.12. The lowest BCUT2D eigenvalue weighted by Crippen LogP contribution is -2.62. The molecule has 11 heteroatoms. The molecule has 3 N–H and O–H groups in total. The van der Waals surface area contributed by atoms with E-state index in [2.05, 4.69) is 10.1 Å². The topological polar surface area (TPSA) is 116 Å². The molecule has 2 fully saturated rings. The molecular formula is C20H23F3N2O6. The van der Waals surface area contributed by atoms with Gasteiger partial charge in [-0.3, -0.25) is 24.6 Å². The van der Waals surface area contributed by atoms with Gasteiger partial charge < -0.3 is 14.9 Å². The molecule has 0 spiro atoms. The van der Waals surface area contributed by atoms with Crippen molar-refractivity contribution in [3.8, 4) is 5.75 Å². The molecule has 3 rings (SSSR count). The lowest BCUT2D eigenvalue weighted by Gasteiger charge is -2.33. The minimum absolute atomic E-state index is 0.0978. The van der Waals surface area contributed by atoms with Gasteiger partial charge in [0.05, 0.1) is 17.9 Å². The molecule has 5 atom stereocenters. The van der Waals surface area contributed by atoms with Crippen LogP contribution in [0, 0.1) is 11.8 Å². The van der Waals surface area contributed by atoms with E-state index in [1.165, 1.54) is 19.1 Å². The Labute approximate surface area is 176 Å². The highest BCUT2D eigenvalue weighted by atomic mass is 19.4. The third-order valence-electron chi connectivity index (χ3n) is 5.89. The predicted octanol–water partition coefficient (Wildman–Crippen LogP) is 1.83. The standard InChI is InChI=1S/C20H23F3N2O6/c1-3-4-8-25-16(27)13-14(17(25)28)19(10(2)26,18(29)30)24-15(13)11-6-5-7-12(9-11)31-20(21,22)23/h5-7,9-10,13-15,24,26H,3-4,8H2,1-2H3,(H,29,30). The Bertz CT molecular complexity index is 890. The second-order valence-electron chi connectivity index (χ2n) is 7.78. The monoisotopic (exact) mass is 444 g/mol. The maximum absolute atomic E-state index is 13.1. The second-order valence-corrected chi connectivity index (χ2v) is 7.78. The van der Waals surface area contributed by atoms with E-state index in [0.29, 0.717) is 12.8 Å². The molecular weight excluding hydrogens is 421 g/mol. The number of rotatable bonds is 7. The van der Waals surface area contributed by atoms with E-state index in [0.717, 1.165) is 17.0 Å². The summed E-state index contributed by atoms with van der Waals surface area (Å²) in [5.74, 6) is -6.02. The summed E-state index contributed by atoms with van der Waals surface area (Å²) in [6.07, 6.45) is -5.31. The molecule has 8 nitrogen and oxygen atoms in total. The molecule has 0 bridgehead atoms. The molecule has 1 aromatic carbocycles. The number of fused-ring (bicyclic) bond motifs is 1. The fourth-order valence-corrected chi connectivity index (χ4v) is 4.49. The first-order chi connectivity index (χ1) is 14.4. The zero-order valence-corrected chi connectivity index (χ0v) is 16.8. The van der Waals surface area contributed by atoms with Gasteiger partial charge in [-0.25, -0.2) is 0 Å². The smallest absolute Gasteiger partial charge is 0.480 e. The van der Waals surface area contributed by atoms with Gasteiger partial charge in [0.25, 0.3) is 0 Å². The van der Waals surface area contributed by atoms with E-state index < -0.39 is 59.4 Å². The van der Waals surface area contributed by atoms with Crippen molar-refractivity contribution in [1.29, 1.82) is 0 Å². The number of aliphatic carboxylic acids is 1. The summed E-state index contributed by atoms with van der Waals surface area (Å²) < 4.78 is 41.8. The summed E-state index contributed by atoms with van der Waals surface area (Å²) in [5, 5.41) is 23.0. The predicted molar refractivity (Wildman–Crippen MR) is 99.7 cm³/mol. The molecule has 2 aliphatic heterocycles. The number of aliphatic hydroxyl groups is 1. The minimum Gasteiger partial charge on any atom is -0.480 e. The maximum atomic E-state index is 13.1. The van der Waals surface area contributed by atoms with Gasteiger partial charge in [0.1, 0.15) is 5.75 Å². The van der Waals surface area contributed by atoms with Crippen molar-refractivity contribution in [2.24, 2.45) is 11.8 Å². The van der Waals surface area contributed by atoms with E-state index >= 15 is 0 Å². The van der Waals surface area contributed by atoms with Gasteiger partial charge in [-0.05, 0) is 31.0 Å². The molecule has 0 saturated carbocycles. The SMILES string of the molecule is CCCCN1C(=O)C2C(c3cccc(OC(F)(F)F)c3)NC(C(=O)O)(C(C)O)C2C1=O. The number of imide groups is 1. The number of hydrogen-bond acceptors (Lipinski definition) is 6. The van der Waals surface area contributed by atoms with Crippen LogP contribution in [0.5, 0.6) is 5.75 Å². The Balaban J connectivity index is 2.08. The van der Waals surface area contributed by atoms with Crippen LogP contribution in [-0.2, 0) is 14.4 Å². The number of unbranched alkanes of at least 4 members (excludes halogenated alkanes) is 1. The molecule has 0 radical (unpaired) electrons. The van der Waals surface area contributed by atoms with E-state index in [1.807, 2.05) is 6.92 Å². The summed E-state index contributed by atoms with van der Waals surface area (Å²) in [5.41, 5.74) is -2.04. The highest BCUT2D eigenvalue weighted by molar-refractivity contribution is 6.09. The van der Waals surface area contributed by atoms with Crippen LogP contribution in [0.3, 0.4) is 0 Å². The summed E-state index contributed by atoms with van der Waals surface area (Å²) in [4.78, 5) is 39.4. The average Bonchev–Trinajstić information content (AvgIpc) is 3.15. The van der Waals surface area contributed by atoms with Gasteiger partial charge in [-0.1, -0.05) is 25.5 Å². The number of likely N-dealkylation sites (tertiary alicyclic amines) is 1. The Kier molecular flexibility index (Phi) is 6.03. The van der Waals surface area contributed by atoms with Gasteiger partial charge >= 0.3 is 12.3 Å². The molecule has 31 heavy (non-hydrogen) atoms. The van der Waals surface area contributed by atoms with Crippen LogP contribution >= 0.6 is 0 Å². The van der Waals surface area contributed by atoms with Gasteiger partial charge in [0.15, 0.2) is 5.54 Å². The number of ether oxygens (including phenoxy) is 1. The lowest BCUT2D eigenvalue weighted by molar-refractivity contribution is -0.274. The van der Waals surface area contributed by atoms with Crippen LogP contribution in [0.25, 0.3) is 0 Å². The summed E-state index contributed by atoms with van der Waals surface area (Å²) in [6.45, 7) is 3.15. The van der Waals surface area contributed by atoms with Crippen LogP contribution in [0.15, 0.2) is 24.3 Å². The van der Waals surface area contributed by atoms with Crippen LogP contribution < -0.4 is 10.1 Å². The number of carbonyl (C=O) groups is 3. The quantitative estimate of drug-likeness (QED) is 0.550. The van der Waals surface area contributed by atoms with Gasteiger partial charge in [0.2, 0.25) is 11.8 Å². The minimum atomic E-state index is -4.94. The molecule has 0 aromatic heterocycles. The number of carbonyl (C=O) groups excluding carboxylic acids is 2. The molecule has 2 heterocycles. The number of carboxylic acids is 1. The molecule has 1 aromatic rings. The van der Waals surface area contributed by atoms with Crippen molar-refractivity contribution >= 4 is 17.8 Å². The first-order valence-electron chi connectivity index (χ1n) is 9.84. The molecule has 5 unspecified atom stereocenters. The number of benzene rings is 1. The van der Waals surface area contributed by atoms with Crippen LogP contribution in [-0.4, -0.2) is 57.4 Å². The van der Waals surface area contributed by atoms with Crippen LogP contribution in [0.4, 0.5) is 13.2 Å². The van der Waals surface area contributed by atoms with Crippen LogP contribution in [0.2, 0.25) is 0 Å². The maximum Gasteiger partial charge on any atom is 0.573 e. The first-order valence-corrected chi connectivity index (χ1v) is 9.84. The van der Waals surface area contributed by atoms with Crippen molar-refractivity contribution < 1.29 is 42.5 Å². The number of amides is 2. The molecule has 2 aliphatic rings.